The summed E-state index contributed by atoms with van der Waals surface area (Å²) in [4.78, 5) is 37.0. The minimum Gasteiger partial charge on any atom is -0.337 e. The fourth-order valence-electron chi connectivity index (χ4n) is 3.65. The number of carbonyl (C=O) groups is 2. The number of pyridine rings is 2. The lowest BCUT2D eigenvalue weighted by Crippen LogP contribution is -2.34. The van der Waals surface area contributed by atoms with E-state index in [9.17, 15) is 9.59 Å². The van der Waals surface area contributed by atoms with Gasteiger partial charge in [-0.3, -0.25) is 19.5 Å². The lowest BCUT2D eigenvalue weighted by atomic mass is 9.86. The van der Waals surface area contributed by atoms with Crippen molar-refractivity contribution in [2.24, 2.45) is 5.41 Å². The van der Waals surface area contributed by atoms with E-state index in [-0.39, 0.29) is 17.2 Å². The number of likely N-dealkylation sites (tertiary alicyclic amines) is 1. The van der Waals surface area contributed by atoms with Crippen LogP contribution in [0.25, 0.3) is 0 Å². The number of nitrogens with zero attached hydrogens (tertiary/aromatic N) is 4. The number of hydrogen-bond acceptors (Lipinski definition) is 4. The fraction of sp³-hybridized carbons (Fsp3) is 0.333. The van der Waals surface area contributed by atoms with Crippen molar-refractivity contribution in [1.29, 1.82) is 0 Å². The van der Waals surface area contributed by atoms with E-state index in [0.717, 1.165) is 6.42 Å². The van der Waals surface area contributed by atoms with Crippen LogP contribution in [0.2, 0.25) is 0 Å². The number of amides is 2. The molecule has 2 saturated heterocycles. The molecule has 2 aromatic rings. The van der Waals surface area contributed by atoms with Gasteiger partial charge >= 0.3 is 0 Å². The third-order valence-electron chi connectivity index (χ3n) is 4.86. The average molecular weight is 322 g/mol. The van der Waals surface area contributed by atoms with Crippen LogP contribution in [0.1, 0.15) is 23.3 Å². The molecule has 4 heterocycles. The van der Waals surface area contributed by atoms with Gasteiger partial charge in [-0.05, 0) is 30.7 Å². The first-order chi connectivity index (χ1) is 11.7. The molecule has 24 heavy (non-hydrogen) atoms. The summed E-state index contributed by atoms with van der Waals surface area (Å²) in [5.41, 5.74) is 0.291. The van der Waals surface area contributed by atoms with Crippen molar-refractivity contribution in [3.05, 3.63) is 54.5 Å². The van der Waals surface area contributed by atoms with Crippen LogP contribution in [0, 0.1) is 5.41 Å². The standard InChI is InChI=1S/C18H18N4O2/c23-16-11-18(13-22(16)15-6-2-4-9-20-15)7-10-21(12-18)17(24)14-5-1-3-8-19-14/h1-6,8-9H,7,10-13H2/t18-/m1/s1. The van der Waals surface area contributed by atoms with Gasteiger partial charge < -0.3 is 4.90 Å². The molecule has 0 radical (unpaired) electrons. The van der Waals surface area contributed by atoms with Gasteiger partial charge in [0.2, 0.25) is 5.91 Å². The molecule has 2 aromatic heterocycles. The van der Waals surface area contributed by atoms with Gasteiger partial charge in [0.1, 0.15) is 11.5 Å². The predicted octanol–water partition coefficient (Wildman–Crippen LogP) is 1.75. The molecular weight excluding hydrogens is 304 g/mol. The van der Waals surface area contributed by atoms with Gasteiger partial charge in [0, 0.05) is 43.9 Å². The van der Waals surface area contributed by atoms with Crippen LogP contribution < -0.4 is 4.90 Å². The van der Waals surface area contributed by atoms with E-state index < -0.39 is 0 Å². The molecule has 0 saturated carbocycles. The maximum atomic E-state index is 12.6. The van der Waals surface area contributed by atoms with E-state index in [0.29, 0.717) is 37.6 Å². The molecule has 0 N–H and O–H groups in total. The maximum absolute atomic E-state index is 12.6. The van der Waals surface area contributed by atoms with Crippen molar-refractivity contribution in [3.63, 3.8) is 0 Å². The van der Waals surface area contributed by atoms with E-state index in [1.54, 1.807) is 29.4 Å². The van der Waals surface area contributed by atoms with E-state index in [4.69, 9.17) is 0 Å². The Balaban J connectivity index is 1.50. The molecule has 122 valence electrons. The largest absolute Gasteiger partial charge is 0.337 e. The minimum absolute atomic E-state index is 0.0591. The predicted molar refractivity (Wildman–Crippen MR) is 88.4 cm³/mol. The average Bonchev–Trinajstić information content (AvgIpc) is 3.19. The first kappa shape index (κ1) is 14.8. The third kappa shape index (κ3) is 2.54. The van der Waals surface area contributed by atoms with Crippen molar-refractivity contribution in [2.45, 2.75) is 12.8 Å². The molecule has 1 spiro atoms. The van der Waals surface area contributed by atoms with Crippen molar-refractivity contribution < 1.29 is 9.59 Å². The molecule has 0 unspecified atom stereocenters. The topological polar surface area (TPSA) is 66.4 Å². The lowest BCUT2D eigenvalue weighted by Gasteiger charge is -2.23. The van der Waals surface area contributed by atoms with Gasteiger partial charge in [-0.1, -0.05) is 12.1 Å². The Hall–Kier alpha value is -2.76. The molecule has 4 rings (SSSR count). The summed E-state index contributed by atoms with van der Waals surface area (Å²) in [7, 11) is 0. The summed E-state index contributed by atoms with van der Waals surface area (Å²) in [5.74, 6) is 0.714. The summed E-state index contributed by atoms with van der Waals surface area (Å²) >= 11 is 0. The van der Waals surface area contributed by atoms with Crippen molar-refractivity contribution >= 4 is 17.6 Å². The fourth-order valence-corrected chi connectivity index (χ4v) is 3.65. The molecule has 0 aliphatic carbocycles. The second kappa shape index (κ2) is 5.70. The Morgan fingerprint density at radius 1 is 1.04 bits per heavy atom. The van der Waals surface area contributed by atoms with Crippen LogP contribution in [-0.4, -0.2) is 46.3 Å². The highest BCUT2D eigenvalue weighted by molar-refractivity contribution is 5.96. The molecule has 2 fully saturated rings. The van der Waals surface area contributed by atoms with Gasteiger partial charge in [0.15, 0.2) is 0 Å². The monoisotopic (exact) mass is 322 g/mol. The second-order valence-electron chi connectivity index (χ2n) is 6.54. The van der Waals surface area contributed by atoms with Crippen LogP contribution in [0.3, 0.4) is 0 Å². The Bertz CT molecular complexity index is 765. The highest BCUT2D eigenvalue weighted by Crippen LogP contribution is 2.41. The zero-order valence-corrected chi connectivity index (χ0v) is 13.3. The number of hydrogen-bond donors (Lipinski definition) is 0. The first-order valence-electron chi connectivity index (χ1n) is 8.09. The zero-order valence-electron chi connectivity index (χ0n) is 13.3. The molecule has 0 bridgehead atoms. The van der Waals surface area contributed by atoms with Crippen LogP contribution in [0.4, 0.5) is 5.82 Å². The second-order valence-corrected chi connectivity index (χ2v) is 6.54. The summed E-state index contributed by atoms with van der Waals surface area (Å²) < 4.78 is 0. The molecule has 2 amide bonds. The SMILES string of the molecule is O=C(c1ccccn1)N1CC[C@@]2(CC(=O)N(c3ccccn3)C2)C1. The smallest absolute Gasteiger partial charge is 0.272 e. The molecule has 2 aliphatic heterocycles. The Kier molecular flexibility index (Phi) is 3.52. The molecule has 6 nitrogen and oxygen atoms in total. The quantitative estimate of drug-likeness (QED) is 0.845. The van der Waals surface area contributed by atoms with E-state index in [2.05, 4.69) is 9.97 Å². The normalized spacial score (nSPS) is 23.2. The highest BCUT2D eigenvalue weighted by atomic mass is 16.2. The van der Waals surface area contributed by atoms with Gasteiger partial charge in [0.25, 0.3) is 5.91 Å². The van der Waals surface area contributed by atoms with Crippen molar-refractivity contribution in [3.8, 4) is 0 Å². The number of rotatable bonds is 2. The lowest BCUT2D eigenvalue weighted by molar-refractivity contribution is -0.117. The Morgan fingerprint density at radius 3 is 2.54 bits per heavy atom. The maximum Gasteiger partial charge on any atom is 0.272 e. The molecule has 2 aliphatic rings. The first-order valence-corrected chi connectivity index (χ1v) is 8.09. The molecule has 6 heteroatoms. The van der Waals surface area contributed by atoms with Crippen molar-refractivity contribution in [1.82, 2.24) is 14.9 Å². The van der Waals surface area contributed by atoms with Gasteiger partial charge in [-0.25, -0.2) is 4.98 Å². The summed E-state index contributed by atoms with van der Waals surface area (Å²) in [6, 6.07) is 10.9. The molecule has 0 aromatic carbocycles. The van der Waals surface area contributed by atoms with E-state index >= 15 is 0 Å². The zero-order chi connectivity index (χ0) is 16.6. The van der Waals surface area contributed by atoms with E-state index in [1.165, 1.54) is 0 Å². The molecule has 1 atom stereocenters. The number of aromatic nitrogens is 2. The van der Waals surface area contributed by atoms with E-state index in [1.807, 2.05) is 29.2 Å². The summed E-state index contributed by atoms with van der Waals surface area (Å²) in [6.07, 6.45) is 4.62. The van der Waals surface area contributed by atoms with Crippen molar-refractivity contribution in [2.75, 3.05) is 24.5 Å². The number of anilines is 1. The Morgan fingerprint density at radius 2 is 1.83 bits per heavy atom. The summed E-state index contributed by atoms with van der Waals surface area (Å²) in [5, 5.41) is 0. The minimum atomic E-state index is -0.168. The van der Waals surface area contributed by atoms with Gasteiger partial charge in [0.05, 0.1) is 0 Å². The van der Waals surface area contributed by atoms with Gasteiger partial charge in [-0.2, -0.15) is 0 Å². The van der Waals surface area contributed by atoms with Crippen LogP contribution >= 0.6 is 0 Å². The van der Waals surface area contributed by atoms with Gasteiger partial charge in [-0.15, -0.1) is 0 Å². The summed E-state index contributed by atoms with van der Waals surface area (Å²) in [6.45, 7) is 1.88. The highest BCUT2D eigenvalue weighted by Gasteiger charge is 2.49. The molecular formula is C18H18N4O2. The Labute approximate surface area is 140 Å². The van der Waals surface area contributed by atoms with Crippen LogP contribution in [0.15, 0.2) is 48.8 Å². The van der Waals surface area contributed by atoms with Crippen LogP contribution in [-0.2, 0) is 4.79 Å². The number of carbonyl (C=O) groups excluding carboxylic acids is 2. The third-order valence-corrected chi connectivity index (χ3v) is 4.86. The van der Waals surface area contributed by atoms with Crippen LogP contribution in [0.5, 0.6) is 0 Å².